The minimum atomic E-state index is -0.877. The van der Waals surface area contributed by atoms with E-state index in [-0.39, 0.29) is 42.7 Å². The van der Waals surface area contributed by atoms with Crippen molar-refractivity contribution in [3.05, 3.63) is 12.2 Å². The average molecular weight is 767 g/mol. The smallest absolute Gasteiger partial charge is 0.362 e. The van der Waals surface area contributed by atoms with Crippen molar-refractivity contribution in [3.63, 3.8) is 0 Å². The molecule has 0 aromatic heterocycles. The van der Waals surface area contributed by atoms with Crippen LogP contribution in [-0.4, -0.2) is 80.6 Å². The molecule has 8 heteroatoms. The highest BCUT2D eigenvalue weighted by Crippen LogP contribution is 2.16. The molecule has 1 N–H and O–H groups in total. The third kappa shape index (κ3) is 35.8. The number of quaternary nitrogens is 1. The highest BCUT2D eigenvalue weighted by Gasteiger charge is 2.31. The second kappa shape index (κ2) is 38.0. The Bertz CT molecular complexity index is 900. The molecule has 0 heterocycles. The van der Waals surface area contributed by atoms with Crippen LogP contribution in [0.5, 0.6) is 0 Å². The Morgan fingerprint density at radius 2 is 0.963 bits per heavy atom. The van der Waals surface area contributed by atoms with Crippen LogP contribution in [0.25, 0.3) is 0 Å². The normalized spacial score (nSPS) is 13.0. The summed E-state index contributed by atoms with van der Waals surface area (Å²) in [4.78, 5) is 36.7. The highest BCUT2D eigenvalue weighted by atomic mass is 16.6. The van der Waals surface area contributed by atoms with Gasteiger partial charge in [0.1, 0.15) is 6.61 Å². The first-order valence-electron chi connectivity index (χ1n) is 22.7. The van der Waals surface area contributed by atoms with Crippen LogP contribution < -0.4 is 0 Å². The number of carbonyl (C=O) groups excluding carboxylic acids is 2. The second-order valence-electron chi connectivity index (χ2n) is 16.7. The summed E-state index contributed by atoms with van der Waals surface area (Å²) in [5, 5.41) is 9.59. The van der Waals surface area contributed by atoms with Gasteiger partial charge in [0.05, 0.1) is 34.4 Å². The number of carbonyl (C=O) groups is 3. The number of hydrogen-bond donors (Lipinski definition) is 1. The van der Waals surface area contributed by atoms with Crippen molar-refractivity contribution in [3.8, 4) is 0 Å². The Labute approximate surface area is 333 Å². The summed E-state index contributed by atoms with van der Waals surface area (Å²) in [7, 11) is 5.52. The van der Waals surface area contributed by atoms with Crippen LogP contribution in [0.2, 0.25) is 0 Å². The maximum absolute atomic E-state index is 12.7. The molecule has 0 aromatic rings. The highest BCUT2D eigenvalue weighted by molar-refractivity contribution is 5.72. The van der Waals surface area contributed by atoms with Crippen molar-refractivity contribution in [1.82, 2.24) is 0 Å². The van der Waals surface area contributed by atoms with Gasteiger partial charge in [-0.05, 0) is 25.7 Å². The van der Waals surface area contributed by atoms with E-state index in [1.54, 1.807) is 0 Å². The zero-order valence-electron chi connectivity index (χ0n) is 36.2. The van der Waals surface area contributed by atoms with Gasteiger partial charge in [-0.25, -0.2) is 4.79 Å². The van der Waals surface area contributed by atoms with Crippen molar-refractivity contribution in [2.24, 2.45) is 0 Å². The summed E-state index contributed by atoms with van der Waals surface area (Å²) in [5.41, 5.74) is 0. The van der Waals surface area contributed by atoms with Gasteiger partial charge < -0.3 is 23.8 Å². The molecule has 0 aliphatic carbocycles. The molecule has 2 atom stereocenters. The molecular formula is C46H88NO7+. The molecule has 8 nitrogen and oxygen atoms in total. The molecule has 0 aliphatic heterocycles. The number of ether oxygens (including phenoxy) is 3. The molecule has 2 unspecified atom stereocenters. The lowest BCUT2D eigenvalue weighted by atomic mass is 10.0. The van der Waals surface area contributed by atoms with E-state index in [2.05, 4.69) is 19.9 Å². The number of unbranched alkanes of at least 4 members (excludes halogenated alkanes) is 25. The maximum Gasteiger partial charge on any atom is 0.362 e. The standard InChI is InChI=1S/C46H87NO7/c1-6-8-10-12-14-15-16-17-18-19-20-21-22-23-24-25-26-27-28-29-31-33-35-37-45(49)54-42(40-52-39-38-43(46(50)51)47(3,4)5)41-53-44(48)36-34-32-30-13-11-9-7-2/h30,32,42-43H,6-29,31,33-41H2,1-5H3/p+1/b32-30+. The largest absolute Gasteiger partial charge is 0.477 e. The van der Waals surface area contributed by atoms with Gasteiger partial charge in [-0.15, -0.1) is 0 Å². The van der Waals surface area contributed by atoms with Crippen molar-refractivity contribution < 1.29 is 38.2 Å². The zero-order valence-corrected chi connectivity index (χ0v) is 36.2. The summed E-state index contributed by atoms with van der Waals surface area (Å²) < 4.78 is 17.2. The Kier molecular flexibility index (Phi) is 36.6. The summed E-state index contributed by atoms with van der Waals surface area (Å²) >= 11 is 0. The maximum atomic E-state index is 12.7. The molecule has 0 spiro atoms. The number of rotatable bonds is 41. The van der Waals surface area contributed by atoms with E-state index in [9.17, 15) is 19.5 Å². The van der Waals surface area contributed by atoms with Gasteiger partial charge in [0.25, 0.3) is 0 Å². The fourth-order valence-electron chi connectivity index (χ4n) is 6.87. The first-order valence-corrected chi connectivity index (χ1v) is 22.7. The molecule has 0 aliphatic rings. The Morgan fingerprint density at radius 3 is 1.41 bits per heavy atom. The molecule has 0 amide bonds. The van der Waals surface area contributed by atoms with Gasteiger partial charge >= 0.3 is 17.9 Å². The molecule has 318 valence electrons. The predicted octanol–water partition coefficient (Wildman–Crippen LogP) is 12.3. The van der Waals surface area contributed by atoms with Gasteiger partial charge in [0.2, 0.25) is 0 Å². The minimum absolute atomic E-state index is 0.0548. The van der Waals surface area contributed by atoms with Crippen LogP contribution >= 0.6 is 0 Å². The van der Waals surface area contributed by atoms with E-state index in [0.29, 0.717) is 19.3 Å². The predicted molar refractivity (Wildman–Crippen MR) is 225 cm³/mol. The number of carboxylic acid groups (broad SMARTS) is 1. The topological polar surface area (TPSA) is 99.1 Å². The average Bonchev–Trinajstić information content (AvgIpc) is 3.12. The molecule has 0 radical (unpaired) electrons. The van der Waals surface area contributed by atoms with E-state index < -0.39 is 18.1 Å². The lowest BCUT2D eigenvalue weighted by molar-refractivity contribution is -0.887. The van der Waals surface area contributed by atoms with Crippen LogP contribution in [0.3, 0.4) is 0 Å². The fraction of sp³-hybridized carbons (Fsp3) is 0.891. The third-order valence-corrected chi connectivity index (χ3v) is 10.4. The first kappa shape index (κ1) is 52.1. The van der Waals surface area contributed by atoms with Crippen molar-refractivity contribution in [2.45, 2.75) is 225 Å². The zero-order chi connectivity index (χ0) is 40.0. The minimum Gasteiger partial charge on any atom is -0.477 e. The number of allylic oxidation sites excluding steroid dienone is 2. The third-order valence-electron chi connectivity index (χ3n) is 10.4. The van der Waals surface area contributed by atoms with Crippen LogP contribution in [0, 0.1) is 0 Å². The lowest BCUT2D eigenvalue weighted by Crippen LogP contribution is -2.50. The first-order chi connectivity index (χ1) is 26.1. The molecule has 0 saturated carbocycles. The van der Waals surface area contributed by atoms with Crippen molar-refractivity contribution >= 4 is 17.9 Å². The fourth-order valence-corrected chi connectivity index (χ4v) is 6.87. The van der Waals surface area contributed by atoms with Gasteiger partial charge in [-0.1, -0.05) is 180 Å². The van der Waals surface area contributed by atoms with E-state index in [0.717, 1.165) is 32.1 Å². The van der Waals surface area contributed by atoms with E-state index in [1.807, 2.05) is 27.2 Å². The number of carboxylic acids is 1. The summed E-state index contributed by atoms with van der Waals surface area (Å²) in [6.45, 7) is 4.66. The molecule has 0 aromatic carbocycles. The quantitative estimate of drug-likeness (QED) is 0.0286. The summed E-state index contributed by atoms with van der Waals surface area (Å²) in [5.74, 6) is -1.52. The molecular weight excluding hydrogens is 679 g/mol. The van der Waals surface area contributed by atoms with E-state index in [1.165, 1.54) is 141 Å². The molecule has 54 heavy (non-hydrogen) atoms. The van der Waals surface area contributed by atoms with Gasteiger partial charge in [0, 0.05) is 19.3 Å². The van der Waals surface area contributed by atoms with Crippen LogP contribution in [-0.2, 0) is 28.6 Å². The van der Waals surface area contributed by atoms with E-state index in [4.69, 9.17) is 14.2 Å². The SMILES string of the molecule is CCCCC/C=C/CCC(=O)OCC(COCCC(C(=O)O)[N+](C)(C)C)OC(=O)CCCCCCCCCCCCCCCCCCCCCCCCC. The Hall–Kier alpha value is -1.93. The number of nitrogens with zero attached hydrogens (tertiary/aromatic N) is 1. The molecule has 0 bridgehead atoms. The van der Waals surface area contributed by atoms with Crippen molar-refractivity contribution in [1.29, 1.82) is 0 Å². The Balaban J connectivity index is 4.09. The number of aliphatic carboxylic acids is 1. The Morgan fingerprint density at radius 1 is 0.537 bits per heavy atom. The molecule has 0 saturated heterocycles. The number of hydrogen-bond acceptors (Lipinski definition) is 6. The molecule has 0 rings (SSSR count). The van der Waals surface area contributed by atoms with Crippen LogP contribution in [0.4, 0.5) is 0 Å². The lowest BCUT2D eigenvalue weighted by Gasteiger charge is -2.31. The van der Waals surface area contributed by atoms with Gasteiger partial charge in [-0.2, -0.15) is 0 Å². The second-order valence-corrected chi connectivity index (χ2v) is 16.7. The van der Waals surface area contributed by atoms with E-state index >= 15 is 0 Å². The van der Waals surface area contributed by atoms with Crippen LogP contribution in [0.1, 0.15) is 213 Å². The van der Waals surface area contributed by atoms with Crippen LogP contribution in [0.15, 0.2) is 12.2 Å². The monoisotopic (exact) mass is 767 g/mol. The summed E-state index contributed by atoms with van der Waals surface area (Å²) in [6, 6.07) is -0.613. The van der Waals surface area contributed by atoms with Gasteiger partial charge in [-0.3, -0.25) is 9.59 Å². The number of esters is 2. The van der Waals surface area contributed by atoms with Crippen molar-refractivity contribution in [2.75, 3.05) is 41.0 Å². The number of likely N-dealkylation sites (N-methyl/N-ethyl adjacent to an activating group) is 1. The van der Waals surface area contributed by atoms with Gasteiger partial charge in [0.15, 0.2) is 12.1 Å². The summed E-state index contributed by atoms with van der Waals surface area (Å²) in [6.07, 6.45) is 40.1. The molecule has 0 fully saturated rings.